The van der Waals surface area contributed by atoms with Crippen molar-refractivity contribution in [3.63, 3.8) is 0 Å². The molecule has 2 aromatic rings. The third-order valence-electron chi connectivity index (χ3n) is 1.93. The number of anilines is 1. The predicted molar refractivity (Wildman–Crippen MR) is 64.1 cm³/mol. The first kappa shape index (κ1) is 11.6. The summed E-state index contributed by atoms with van der Waals surface area (Å²) in [7, 11) is -3.67. The standard InChI is InChI=1S/C10H7N3O2S2/c11-7-8-2-1-3-9(6-8)17(14,15)13-10-12-4-5-16-10/h1-6H,(H,12,13). The van der Waals surface area contributed by atoms with Crippen molar-refractivity contribution in [2.24, 2.45) is 0 Å². The molecule has 1 heterocycles. The summed E-state index contributed by atoms with van der Waals surface area (Å²) < 4.78 is 26.2. The maximum Gasteiger partial charge on any atom is 0.263 e. The number of sulfonamides is 1. The number of nitrogens with one attached hydrogen (secondary N) is 1. The molecule has 1 aromatic heterocycles. The van der Waals surface area contributed by atoms with E-state index < -0.39 is 10.0 Å². The second-order valence-corrected chi connectivity index (χ2v) is 5.66. The Hall–Kier alpha value is -1.91. The zero-order valence-electron chi connectivity index (χ0n) is 8.49. The molecule has 0 spiro atoms. The average Bonchev–Trinajstić information content (AvgIpc) is 2.81. The van der Waals surface area contributed by atoms with Crippen LogP contribution in [-0.2, 0) is 10.0 Å². The Labute approximate surface area is 102 Å². The van der Waals surface area contributed by atoms with Crippen LogP contribution in [0.2, 0.25) is 0 Å². The Balaban J connectivity index is 2.35. The molecule has 0 amide bonds. The third-order valence-corrected chi connectivity index (χ3v) is 4.08. The summed E-state index contributed by atoms with van der Waals surface area (Å²) in [6.07, 6.45) is 1.51. The minimum Gasteiger partial charge on any atom is -0.255 e. The summed E-state index contributed by atoms with van der Waals surface area (Å²) >= 11 is 1.19. The zero-order valence-corrected chi connectivity index (χ0v) is 10.1. The van der Waals surface area contributed by atoms with Gasteiger partial charge >= 0.3 is 0 Å². The molecular weight excluding hydrogens is 258 g/mol. The lowest BCUT2D eigenvalue weighted by molar-refractivity contribution is 0.601. The molecule has 7 heteroatoms. The highest BCUT2D eigenvalue weighted by Gasteiger charge is 2.15. The van der Waals surface area contributed by atoms with E-state index in [0.29, 0.717) is 10.7 Å². The molecule has 17 heavy (non-hydrogen) atoms. The van der Waals surface area contributed by atoms with E-state index in [-0.39, 0.29) is 4.90 Å². The van der Waals surface area contributed by atoms with Gasteiger partial charge in [0.1, 0.15) is 0 Å². The van der Waals surface area contributed by atoms with Gasteiger partial charge in [0.25, 0.3) is 10.0 Å². The molecule has 0 unspecified atom stereocenters. The normalized spacial score (nSPS) is 10.8. The van der Waals surface area contributed by atoms with Gasteiger partial charge in [-0.2, -0.15) is 5.26 Å². The molecule has 0 fully saturated rings. The summed E-state index contributed by atoms with van der Waals surface area (Å²) in [5.74, 6) is 0. The first-order valence-corrected chi connectivity index (χ1v) is 6.90. The minimum atomic E-state index is -3.67. The van der Waals surface area contributed by atoms with Crippen LogP contribution in [0.1, 0.15) is 5.56 Å². The lowest BCUT2D eigenvalue weighted by atomic mass is 10.2. The van der Waals surface area contributed by atoms with Gasteiger partial charge in [-0.3, -0.25) is 4.72 Å². The van der Waals surface area contributed by atoms with Gasteiger partial charge in [0, 0.05) is 11.6 Å². The molecule has 0 saturated carbocycles. The first-order valence-electron chi connectivity index (χ1n) is 4.54. The smallest absolute Gasteiger partial charge is 0.255 e. The van der Waals surface area contributed by atoms with Crippen LogP contribution in [0.15, 0.2) is 40.7 Å². The van der Waals surface area contributed by atoms with Crippen molar-refractivity contribution in [2.75, 3.05) is 4.72 Å². The summed E-state index contributed by atoms with van der Waals surface area (Å²) in [6.45, 7) is 0. The van der Waals surface area contributed by atoms with Crippen LogP contribution < -0.4 is 4.72 Å². The van der Waals surface area contributed by atoms with Gasteiger partial charge in [-0.15, -0.1) is 11.3 Å². The van der Waals surface area contributed by atoms with Crippen LogP contribution in [0.3, 0.4) is 0 Å². The van der Waals surface area contributed by atoms with E-state index in [9.17, 15) is 8.42 Å². The topological polar surface area (TPSA) is 82.8 Å². The molecule has 0 saturated heterocycles. The summed E-state index contributed by atoms with van der Waals surface area (Å²) in [6, 6.07) is 7.70. The SMILES string of the molecule is N#Cc1cccc(S(=O)(=O)Nc2nccs2)c1. The highest BCUT2D eigenvalue weighted by molar-refractivity contribution is 7.93. The van der Waals surface area contributed by atoms with Crippen LogP contribution in [-0.4, -0.2) is 13.4 Å². The minimum absolute atomic E-state index is 0.0479. The Morgan fingerprint density at radius 1 is 1.41 bits per heavy atom. The number of nitriles is 1. The van der Waals surface area contributed by atoms with Crippen LogP contribution >= 0.6 is 11.3 Å². The maximum atomic E-state index is 11.9. The van der Waals surface area contributed by atoms with E-state index >= 15 is 0 Å². The number of thiazole rings is 1. The van der Waals surface area contributed by atoms with Crippen LogP contribution in [0.25, 0.3) is 0 Å². The van der Waals surface area contributed by atoms with Gasteiger partial charge in [0.15, 0.2) is 5.13 Å². The highest BCUT2D eigenvalue weighted by Crippen LogP contribution is 2.18. The largest absolute Gasteiger partial charge is 0.263 e. The van der Waals surface area contributed by atoms with E-state index in [1.54, 1.807) is 11.4 Å². The van der Waals surface area contributed by atoms with E-state index in [4.69, 9.17) is 5.26 Å². The van der Waals surface area contributed by atoms with E-state index in [1.807, 2.05) is 6.07 Å². The number of hydrogen-bond donors (Lipinski definition) is 1. The highest BCUT2D eigenvalue weighted by atomic mass is 32.2. The molecular formula is C10H7N3O2S2. The zero-order chi connectivity index (χ0) is 12.3. The van der Waals surface area contributed by atoms with Crippen LogP contribution in [0.4, 0.5) is 5.13 Å². The number of aromatic nitrogens is 1. The van der Waals surface area contributed by atoms with Crippen molar-refractivity contribution in [1.29, 1.82) is 5.26 Å². The number of rotatable bonds is 3. The molecule has 2 rings (SSSR count). The fourth-order valence-electron chi connectivity index (χ4n) is 1.18. The Morgan fingerprint density at radius 2 is 2.24 bits per heavy atom. The van der Waals surface area contributed by atoms with Gasteiger partial charge < -0.3 is 0 Å². The van der Waals surface area contributed by atoms with Crippen LogP contribution in [0, 0.1) is 11.3 Å². The number of hydrogen-bond acceptors (Lipinski definition) is 5. The quantitative estimate of drug-likeness (QED) is 0.917. The maximum absolute atomic E-state index is 11.9. The second-order valence-electron chi connectivity index (χ2n) is 3.08. The Morgan fingerprint density at radius 3 is 2.88 bits per heavy atom. The molecule has 1 N–H and O–H groups in total. The summed E-state index contributed by atoms with van der Waals surface area (Å²) in [4.78, 5) is 3.88. The lowest BCUT2D eigenvalue weighted by Gasteiger charge is -2.04. The van der Waals surface area contributed by atoms with Gasteiger partial charge in [-0.1, -0.05) is 6.07 Å². The van der Waals surface area contributed by atoms with E-state index in [1.165, 1.54) is 35.7 Å². The molecule has 5 nitrogen and oxygen atoms in total. The summed E-state index contributed by atoms with van der Waals surface area (Å²) in [5, 5.41) is 10.7. The molecule has 0 aliphatic heterocycles. The Kier molecular flexibility index (Phi) is 3.08. The number of nitrogens with zero attached hydrogens (tertiary/aromatic N) is 2. The monoisotopic (exact) mass is 265 g/mol. The summed E-state index contributed by atoms with van der Waals surface area (Å²) in [5.41, 5.74) is 0.298. The fraction of sp³-hybridized carbons (Fsp3) is 0. The van der Waals surface area contributed by atoms with Gasteiger partial charge in [-0.25, -0.2) is 13.4 Å². The van der Waals surface area contributed by atoms with E-state index in [2.05, 4.69) is 9.71 Å². The molecule has 0 atom stereocenters. The van der Waals surface area contributed by atoms with Crippen molar-refractivity contribution < 1.29 is 8.42 Å². The van der Waals surface area contributed by atoms with Crippen molar-refractivity contribution in [3.05, 3.63) is 41.4 Å². The van der Waals surface area contributed by atoms with Gasteiger partial charge in [0.05, 0.1) is 16.5 Å². The predicted octanol–water partition coefficient (Wildman–Crippen LogP) is 1.82. The lowest BCUT2D eigenvalue weighted by Crippen LogP contribution is -2.12. The van der Waals surface area contributed by atoms with Crippen molar-refractivity contribution in [1.82, 2.24) is 4.98 Å². The molecule has 86 valence electrons. The number of benzene rings is 1. The molecule has 1 aromatic carbocycles. The van der Waals surface area contributed by atoms with E-state index in [0.717, 1.165) is 0 Å². The van der Waals surface area contributed by atoms with Crippen molar-refractivity contribution >= 4 is 26.5 Å². The molecule has 0 radical (unpaired) electrons. The average molecular weight is 265 g/mol. The fourth-order valence-corrected chi connectivity index (χ4v) is 3.01. The third kappa shape index (κ3) is 2.61. The second kappa shape index (κ2) is 4.53. The first-order chi connectivity index (χ1) is 8.12. The molecule has 0 aliphatic rings. The Bertz CT molecular complexity index is 657. The van der Waals surface area contributed by atoms with Gasteiger partial charge in [-0.05, 0) is 18.2 Å². The van der Waals surface area contributed by atoms with Gasteiger partial charge in [0.2, 0.25) is 0 Å². The van der Waals surface area contributed by atoms with Crippen molar-refractivity contribution in [2.45, 2.75) is 4.90 Å². The molecule has 0 bridgehead atoms. The van der Waals surface area contributed by atoms with Crippen LogP contribution in [0.5, 0.6) is 0 Å². The van der Waals surface area contributed by atoms with Crippen molar-refractivity contribution in [3.8, 4) is 6.07 Å². The molecule has 0 aliphatic carbocycles.